The van der Waals surface area contributed by atoms with E-state index in [0.29, 0.717) is 30.7 Å². The minimum absolute atomic E-state index is 0.144. The lowest BCUT2D eigenvalue weighted by atomic mass is 10.2. The summed E-state index contributed by atoms with van der Waals surface area (Å²) in [5.41, 5.74) is -0.413. The van der Waals surface area contributed by atoms with Crippen LogP contribution >= 0.6 is 0 Å². The van der Waals surface area contributed by atoms with Gasteiger partial charge in [-0.25, -0.2) is 4.79 Å². The fourth-order valence-electron chi connectivity index (χ4n) is 2.75. The third-order valence-corrected chi connectivity index (χ3v) is 3.92. The third kappa shape index (κ3) is 4.39. The molecule has 0 unspecified atom stereocenters. The maximum atomic E-state index is 12.6. The lowest BCUT2D eigenvalue weighted by molar-refractivity contribution is -0.140. The van der Waals surface area contributed by atoms with Crippen LogP contribution in [0.4, 0.5) is 0 Å². The summed E-state index contributed by atoms with van der Waals surface area (Å²) in [7, 11) is 0. The molecule has 0 saturated heterocycles. The molecule has 0 radical (unpaired) electrons. The highest BCUT2D eigenvalue weighted by atomic mass is 16.7. The van der Waals surface area contributed by atoms with Crippen molar-refractivity contribution in [2.24, 2.45) is 0 Å². The van der Waals surface area contributed by atoms with Gasteiger partial charge in [0.25, 0.3) is 5.56 Å². The second kappa shape index (κ2) is 9.30. The first-order chi connectivity index (χ1) is 12.5. The summed E-state index contributed by atoms with van der Waals surface area (Å²) >= 11 is 0. The third-order valence-electron chi connectivity index (χ3n) is 3.92. The van der Waals surface area contributed by atoms with Gasteiger partial charge in [0.1, 0.15) is 6.54 Å². The number of rotatable bonds is 9. The van der Waals surface area contributed by atoms with Crippen molar-refractivity contribution in [2.45, 2.75) is 40.2 Å². The quantitative estimate of drug-likeness (QED) is 0.662. The number of nitrogens with one attached hydrogen (secondary N) is 1. The van der Waals surface area contributed by atoms with E-state index < -0.39 is 23.4 Å². The molecule has 0 fully saturated rings. The lowest BCUT2D eigenvalue weighted by Crippen LogP contribution is -2.45. The van der Waals surface area contributed by atoms with E-state index in [1.807, 2.05) is 20.8 Å². The SMILES string of the molecule is CCOC(CNC(=O)Cn1c(=O)c2ccccc2n(CC)c1=O)OCC. The lowest BCUT2D eigenvalue weighted by Gasteiger charge is -2.18. The van der Waals surface area contributed by atoms with Crippen LogP contribution in [-0.4, -0.2) is 41.1 Å². The molecule has 1 N–H and O–H groups in total. The fourth-order valence-corrected chi connectivity index (χ4v) is 2.75. The fraction of sp³-hybridized carbons (Fsp3) is 0.500. The van der Waals surface area contributed by atoms with Gasteiger partial charge in [0.05, 0.1) is 17.4 Å². The van der Waals surface area contributed by atoms with E-state index in [-0.39, 0.29) is 13.1 Å². The van der Waals surface area contributed by atoms with Gasteiger partial charge in [0.2, 0.25) is 5.91 Å². The second-order valence-electron chi connectivity index (χ2n) is 5.58. The predicted octanol–water partition coefficient (Wildman–Crippen LogP) is 0.698. The van der Waals surface area contributed by atoms with Crippen LogP contribution in [-0.2, 0) is 27.4 Å². The van der Waals surface area contributed by atoms with Crippen molar-refractivity contribution in [2.75, 3.05) is 19.8 Å². The molecule has 2 rings (SSSR count). The molecule has 2 aromatic rings. The molecule has 26 heavy (non-hydrogen) atoms. The Kier molecular flexibility index (Phi) is 7.11. The smallest absolute Gasteiger partial charge is 0.331 e. The molecule has 0 aliphatic heterocycles. The van der Waals surface area contributed by atoms with E-state index in [2.05, 4.69) is 5.32 Å². The predicted molar refractivity (Wildman–Crippen MR) is 98.2 cm³/mol. The number of hydrogen-bond acceptors (Lipinski definition) is 5. The minimum atomic E-state index is -0.561. The van der Waals surface area contributed by atoms with Crippen molar-refractivity contribution < 1.29 is 14.3 Å². The second-order valence-corrected chi connectivity index (χ2v) is 5.58. The van der Waals surface area contributed by atoms with Crippen molar-refractivity contribution in [1.82, 2.24) is 14.5 Å². The van der Waals surface area contributed by atoms with E-state index in [0.717, 1.165) is 4.57 Å². The van der Waals surface area contributed by atoms with Crippen molar-refractivity contribution >= 4 is 16.8 Å². The van der Waals surface area contributed by atoms with Crippen molar-refractivity contribution in [1.29, 1.82) is 0 Å². The molecule has 0 saturated carbocycles. The maximum Gasteiger partial charge on any atom is 0.331 e. The number of carbonyl (C=O) groups excluding carboxylic acids is 1. The molecule has 142 valence electrons. The van der Waals surface area contributed by atoms with Crippen LogP contribution in [0, 0.1) is 0 Å². The Balaban J connectivity index is 2.24. The summed E-state index contributed by atoms with van der Waals surface area (Å²) < 4.78 is 13.1. The summed E-state index contributed by atoms with van der Waals surface area (Å²) in [6.45, 7) is 6.57. The molecule has 8 nitrogen and oxygen atoms in total. The number of aromatic nitrogens is 2. The zero-order chi connectivity index (χ0) is 19.1. The Morgan fingerprint density at radius 2 is 1.73 bits per heavy atom. The van der Waals surface area contributed by atoms with Gasteiger partial charge in [0.15, 0.2) is 6.29 Å². The Labute approximate surface area is 151 Å². The highest BCUT2D eigenvalue weighted by Crippen LogP contribution is 2.07. The minimum Gasteiger partial charge on any atom is -0.351 e. The number of para-hydroxylation sites is 1. The Morgan fingerprint density at radius 1 is 1.08 bits per heavy atom. The molecule has 0 aliphatic carbocycles. The molecule has 1 aromatic heterocycles. The van der Waals surface area contributed by atoms with Crippen molar-refractivity contribution in [3.05, 3.63) is 45.1 Å². The molecular formula is C18H25N3O5. The molecule has 1 aromatic carbocycles. The monoisotopic (exact) mass is 363 g/mol. The first-order valence-electron chi connectivity index (χ1n) is 8.75. The van der Waals surface area contributed by atoms with Gasteiger partial charge in [-0.2, -0.15) is 0 Å². The Hall–Kier alpha value is -2.45. The number of amides is 1. The standard InChI is InChI=1S/C18H25N3O5/c1-4-20-14-10-8-7-9-13(14)17(23)21(18(20)24)12-15(22)19-11-16(25-5-2)26-6-3/h7-10,16H,4-6,11-12H2,1-3H3,(H,19,22). The molecular weight excluding hydrogens is 338 g/mol. The molecule has 8 heteroatoms. The molecule has 0 bridgehead atoms. The van der Waals surface area contributed by atoms with Crippen molar-refractivity contribution in [3.63, 3.8) is 0 Å². The summed E-state index contributed by atoms with van der Waals surface area (Å²) in [6, 6.07) is 6.87. The van der Waals surface area contributed by atoms with Gasteiger partial charge in [-0.05, 0) is 32.9 Å². The van der Waals surface area contributed by atoms with E-state index in [4.69, 9.17) is 9.47 Å². The topological polar surface area (TPSA) is 91.6 Å². The van der Waals surface area contributed by atoms with Crippen LogP contribution in [0.1, 0.15) is 20.8 Å². The van der Waals surface area contributed by atoms with Gasteiger partial charge in [-0.3, -0.25) is 18.7 Å². The number of aryl methyl sites for hydroxylation is 1. The van der Waals surface area contributed by atoms with E-state index >= 15 is 0 Å². The van der Waals surface area contributed by atoms with Crippen molar-refractivity contribution in [3.8, 4) is 0 Å². The molecule has 1 heterocycles. The molecule has 0 aliphatic rings. The number of carbonyl (C=O) groups is 1. The average molecular weight is 363 g/mol. The number of nitrogens with zero attached hydrogens (tertiary/aromatic N) is 2. The Morgan fingerprint density at radius 3 is 2.35 bits per heavy atom. The first kappa shape index (κ1) is 19.9. The van der Waals surface area contributed by atoms with Crippen LogP contribution in [0.2, 0.25) is 0 Å². The number of fused-ring (bicyclic) bond motifs is 1. The Bertz CT molecular complexity index is 865. The largest absolute Gasteiger partial charge is 0.351 e. The molecule has 0 atom stereocenters. The summed E-state index contributed by atoms with van der Waals surface area (Å²) in [4.78, 5) is 37.5. The van der Waals surface area contributed by atoms with Crippen LogP contribution in [0.25, 0.3) is 10.9 Å². The van der Waals surface area contributed by atoms with Crippen LogP contribution in [0.15, 0.2) is 33.9 Å². The van der Waals surface area contributed by atoms with Crippen LogP contribution < -0.4 is 16.6 Å². The van der Waals surface area contributed by atoms with Gasteiger partial charge in [-0.15, -0.1) is 0 Å². The first-order valence-corrected chi connectivity index (χ1v) is 8.75. The summed E-state index contributed by atoms with van der Waals surface area (Å²) in [5.74, 6) is -0.452. The number of benzene rings is 1. The molecule has 0 spiro atoms. The van der Waals surface area contributed by atoms with E-state index in [1.54, 1.807) is 24.3 Å². The van der Waals surface area contributed by atoms with Crippen LogP contribution in [0.3, 0.4) is 0 Å². The van der Waals surface area contributed by atoms with Gasteiger partial charge >= 0.3 is 5.69 Å². The molecule has 1 amide bonds. The van der Waals surface area contributed by atoms with E-state index in [1.165, 1.54) is 4.57 Å². The highest BCUT2D eigenvalue weighted by Gasteiger charge is 2.16. The summed E-state index contributed by atoms with van der Waals surface area (Å²) in [6.07, 6.45) is -0.561. The van der Waals surface area contributed by atoms with Gasteiger partial charge in [-0.1, -0.05) is 12.1 Å². The zero-order valence-electron chi connectivity index (χ0n) is 15.4. The maximum absolute atomic E-state index is 12.6. The highest BCUT2D eigenvalue weighted by molar-refractivity contribution is 5.79. The summed E-state index contributed by atoms with van der Waals surface area (Å²) in [5, 5.41) is 3.05. The van der Waals surface area contributed by atoms with Gasteiger partial charge < -0.3 is 14.8 Å². The van der Waals surface area contributed by atoms with E-state index in [9.17, 15) is 14.4 Å². The average Bonchev–Trinajstić information content (AvgIpc) is 2.64. The number of hydrogen-bond donors (Lipinski definition) is 1. The number of ether oxygens (including phenoxy) is 2. The zero-order valence-corrected chi connectivity index (χ0v) is 15.4. The normalized spacial score (nSPS) is 11.2. The van der Waals surface area contributed by atoms with Gasteiger partial charge in [0, 0.05) is 19.8 Å². The van der Waals surface area contributed by atoms with Crippen LogP contribution in [0.5, 0.6) is 0 Å².